The highest BCUT2D eigenvalue weighted by Crippen LogP contribution is 2.23. The fourth-order valence-electron chi connectivity index (χ4n) is 3.03. The highest BCUT2D eigenvalue weighted by atomic mass is 32.2. The summed E-state index contributed by atoms with van der Waals surface area (Å²) in [6, 6.07) is 11.6. The van der Waals surface area contributed by atoms with Gasteiger partial charge in [-0.05, 0) is 62.6 Å². The first kappa shape index (κ1) is 19.4. The lowest BCUT2D eigenvalue weighted by molar-refractivity contribution is 0.0945. The Bertz CT molecular complexity index is 937. The molecule has 0 spiro atoms. The fraction of sp³-hybridized carbons (Fsp3) is 0.350. The first-order chi connectivity index (χ1) is 12.8. The summed E-state index contributed by atoms with van der Waals surface area (Å²) in [7, 11) is -3.75. The smallest absolute Gasteiger partial charge is 0.251 e. The second kappa shape index (κ2) is 7.70. The SMILES string of the molecule is CC(C)Oc1ccc([C@H](C)NS(=O)(=O)c2ccc3c(c2)C(=O)NCC3)cc1. The number of rotatable bonds is 6. The van der Waals surface area contributed by atoms with Gasteiger partial charge in [-0.25, -0.2) is 13.1 Å². The molecule has 27 heavy (non-hydrogen) atoms. The minimum Gasteiger partial charge on any atom is -0.491 e. The minimum atomic E-state index is -3.75. The monoisotopic (exact) mass is 388 g/mol. The van der Waals surface area contributed by atoms with Gasteiger partial charge in [0.15, 0.2) is 0 Å². The molecule has 0 aromatic heterocycles. The van der Waals surface area contributed by atoms with E-state index in [0.29, 0.717) is 18.5 Å². The van der Waals surface area contributed by atoms with Crippen molar-refractivity contribution in [1.29, 1.82) is 0 Å². The van der Waals surface area contributed by atoms with E-state index in [-0.39, 0.29) is 16.9 Å². The third kappa shape index (κ3) is 4.48. The molecule has 1 atom stereocenters. The molecule has 1 amide bonds. The average Bonchev–Trinajstić information content (AvgIpc) is 2.61. The van der Waals surface area contributed by atoms with Crippen molar-refractivity contribution in [1.82, 2.24) is 10.0 Å². The van der Waals surface area contributed by atoms with Crippen molar-refractivity contribution < 1.29 is 17.9 Å². The number of carbonyl (C=O) groups excluding carboxylic acids is 1. The van der Waals surface area contributed by atoms with E-state index in [1.54, 1.807) is 19.1 Å². The second-order valence-electron chi connectivity index (χ2n) is 6.90. The summed E-state index contributed by atoms with van der Waals surface area (Å²) in [4.78, 5) is 12.1. The number of hydrogen-bond acceptors (Lipinski definition) is 4. The molecule has 0 saturated carbocycles. The van der Waals surface area contributed by atoms with Gasteiger partial charge in [0, 0.05) is 18.2 Å². The number of amides is 1. The lowest BCUT2D eigenvalue weighted by atomic mass is 10.0. The van der Waals surface area contributed by atoms with Crippen LogP contribution in [-0.2, 0) is 16.4 Å². The van der Waals surface area contributed by atoms with Crippen LogP contribution in [0.2, 0.25) is 0 Å². The van der Waals surface area contributed by atoms with Crippen molar-refractivity contribution in [3.05, 3.63) is 59.2 Å². The Balaban J connectivity index is 1.78. The molecule has 2 aromatic carbocycles. The van der Waals surface area contributed by atoms with Crippen LogP contribution in [0.5, 0.6) is 5.75 Å². The standard InChI is InChI=1S/C20H24N2O4S/c1-13(2)26-17-7-4-15(5-8-17)14(3)22-27(24,25)18-9-6-16-10-11-21-20(23)19(16)12-18/h4-9,12-14,22H,10-11H2,1-3H3,(H,21,23)/t14-/m0/s1. The Labute approximate surface area is 160 Å². The third-order valence-corrected chi connectivity index (χ3v) is 5.94. The van der Waals surface area contributed by atoms with Gasteiger partial charge in [0.1, 0.15) is 5.75 Å². The molecule has 2 N–H and O–H groups in total. The molecule has 0 radical (unpaired) electrons. The van der Waals surface area contributed by atoms with Gasteiger partial charge in [0.25, 0.3) is 5.91 Å². The third-order valence-electron chi connectivity index (χ3n) is 4.40. The number of fused-ring (bicyclic) bond motifs is 1. The van der Waals surface area contributed by atoms with Gasteiger partial charge in [0.05, 0.1) is 11.0 Å². The highest BCUT2D eigenvalue weighted by Gasteiger charge is 2.23. The Morgan fingerprint density at radius 2 is 1.78 bits per heavy atom. The van der Waals surface area contributed by atoms with E-state index in [1.165, 1.54) is 6.07 Å². The lowest BCUT2D eigenvalue weighted by Gasteiger charge is -2.19. The van der Waals surface area contributed by atoms with Gasteiger partial charge < -0.3 is 10.1 Å². The minimum absolute atomic E-state index is 0.0768. The number of hydrogen-bond donors (Lipinski definition) is 2. The van der Waals surface area contributed by atoms with Gasteiger partial charge in [-0.15, -0.1) is 0 Å². The number of carbonyl (C=O) groups is 1. The topological polar surface area (TPSA) is 84.5 Å². The summed E-state index contributed by atoms with van der Waals surface area (Å²) in [6.45, 7) is 6.25. The largest absolute Gasteiger partial charge is 0.491 e. The molecule has 1 heterocycles. The molecule has 0 saturated heterocycles. The molecule has 3 rings (SSSR count). The van der Waals surface area contributed by atoms with Gasteiger partial charge in [-0.2, -0.15) is 0 Å². The van der Waals surface area contributed by atoms with Crippen molar-refractivity contribution in [2.75, 3.05) is 6.54 Å². The zero-order valence-corrected chi connectivity index (χ0v) is 16.5. The average molecular weight is 388 g/mol. The zero-order valence-electron chi connectivity index (χ0n) is 15.7. The summed E-state index contributed by atoms with van der Waals surface area (Å²) in [5.41, 5.74) is 2.11. The van der Waals surface area contributed by atoms with Crippen LogP contribution in [0.15, 0.2) is 47.4 Å². The van der Waals surface area contributed by atoms with Gasteiger partial charge >= 0.3 is 0 Å². The Hall–Kier alpha value is -2.38. The van der Waals surface area contributed by atoms with Crippen LogP contribution >= 0.6 is 0 Å². The summed E-state index contributed by atoms with van der Waals surface area (Å²) >= 11 is 0. The maximum Gasteiger partial charge on any atom is 0.251 e. The van der Waals surface area contributed by atoms with Crippen LogP contribution in [0.3, 0.4) is 0 Å². The van der Waals surface area contributed by atoms with Crippen LogP contribution in [-0.4, -0.2) is 27.0 Å². The Morgan fingerprint density at radius 3 is 2.44 bits per heavy atom. The van der Waals surface area contributed by atoms with E-state index in [9.17, 15) is 13.2 Å². The molecule has 2 aromatic rings. The van der Waals surface area contributed by atoms with Crippen molar-refractivity contribution in [2.45, 2.75) is 44.2 Å². The van der Waals surface area contributed by atoms with Crippen molar-refractivity contribution >= 4 is 15.9 Å². The molecule has 7 heteroatoms. The summed E-state index contributed by atoms with van der Waals surface area (Å²) in [5.74, 6) is 0.506. The zero-order chi connectivity index (χ0) is 19.6. The van der Waals surface area contributed by atoms with Gasteiger partial charge in [-0.3, -0.25) is 4.79 Å². The molecule has 0 bridgehead atoms. The first-order valence-corrected chi connectivity index (χ1v) is 10.4. The van der Waals surface area contributed by atoms with E-state index in [2.05, 4.69) is 10.0 Å². The number of ether oxygens (including phenoxy) is 1. The Kier molecular flexibility index (Phi) is 5.53. The van der Waals surface area contributed by atoms with Crippen LogP contribution in [0, 0.1) is 0 Å². The molecule has 0 unspecified atom stereocenters. The fourth-order valence-corrected chi connectivity index (χ4v) is 4.29. The molecule has 1 aliphatic heterocycles. The maximum atomic E-state index is 12.8. The lowest BCUT2D eigenvalue weighted by Crippen LogP contribution is -2.32. The van der Waals surface area contributed by atoms with E-state index < -0.39 is 16.1 Å². The van der Waals surface area contributed by atoms with E-state index in [0.717, 1.165) is 16.9 Å². The molecule has 0 aliphatic carbocycles. The normalized spacial score (nSPS) is 15.2. The molecule has 0 fully saturated rings. The molecular formula is C20H24N2O4S. The number of nitrogens with one attached hydrogen (secondary N) is 2. The van der Waals surface area contributed by atoms with Crippen molar-refractivity contribution in [2.24, 2.45) is 0 Å². The molecular weight excluding hydrogens is 364 g/mol. The predicted molar refractivity (Wildman–Crippen MR) is 103 cm³/mol. The number of sulfonamides is 1. The second-order valence-corrected chi connectivity index (χ2v) is 8.62. The molecule has 6 nitrogen and oxygen atoms in total. The van der Waals surface area contributed by atoms with Crippen molar-refractivity contribution in [3.63, 3.8) is 0 Å². The quantitative estimate of drug-likeness (QED) is 0.797. The summed E-state index contributed by atoms with van der Waals surface area (Å²) in [6.07, 6.45) is 0.781. The van der Waals surface area contributed by atoms with E-state index in [1.807, 2.05) is 38.1 Å². The molecule has 144 valence electrons. The van der Waals surface area contributed by atoms with Gasteiger partial charge in [-0.1, -0.05) is 18.2 Å². The van der Waals surface area contributed by atoms with E-state index >= 15 is 0 Å². The number of benzene rings is 2. The van der Waals surface area contributed by atoms with Crippen LogP contribution in [0.25, 0.3) is 0 Å². The van der Waals surface area contributed by atoms with Crippen molar-refractivity contribution in [3.8, 4) is 5.75 Å². The first-order valence-electron chi connectivity index (χ1n) is 8.96. The van der Waals surface area contributed by atoms with E-state index in [4.69, 9.17) is 4.74 Å². The highest BCUT2D eigenvalue weighted by molar-refractivity contribution is 7.89. The maximum absolute atomic E-state index is 12.8. The van der Waals surface area contributed by atoms with Gasteiger partial charge in [0.2, 0.25) is 10.0 Å². The van der Waals surface area contributed by atoms with Crippen LogP contribution in [0.4, 0.5) is 0 Å². The van der Waals surface area contributed by atoms with Crippen LogP contribution in [0.1, 0.15) is 48.3 Å². The van der Waals surface area contributed by atoms with Crippen LogP contribution < -0.4 is 14.8 Å². The summed E-state index contributed by atoms with van der Waals surface area (Å²) < 4.78 is 33.8. The predicted octanol–water partition coefficient (Wildman–Crippen LogP) is 2.80. The summed E-state index contributed by atoms with van der Waals surface area (Å²) in [5, 5.41) is 2.74. The molecule has 1 aliphatic rings. The Morgan fingerprint density at radius 1 is 1.07 bits per heavy atom.